The number of non-ortho nitro benzene ring substituents is 1. The van der Waals surface area contributed by atoms with E-state index in [4.69, 9.17) is 18.6 Å². The summed E-state index contributed by atoms with van der Waals surface area (Å²) < 4.78 is 21.8. The molecule has 0 spiro atoms. The molecule has 0 radical (unpaired) electrons. The van der Waals surface area contributed by atoms with Crippen LogP contribution < -0.4 is 19.8 Å². The zero-order chi connectivity index (χ0) is 22.7. The summed E-state index contributed by atoms with van der Waals surface area (Å²) in [4.78, 5) is 22.9. The SMILES string of the molecule is COc1ccc(-c2cc3ccc(OCc4ccc([N+](=O)[O-])cc4)cc3oc2=O)cc1OC. The summed E-state index contributed by atoms with van der Waals surface area (Å²) in [5.74, 6) is 1.59. The van der Waals surface area contributed by atoms with Crippen LogP contribution in [0.5, 0.6) is 17.2 Å². The summed E-state index contributed by atoms with van der Waals surface area (Å²) >= 11 is 0. The van der Waals surface area contributed by atoms with Gasteiger partial charge in [0.05, 0.1) is 24.7 Å². The van der Waals surface area contributed by atoms with Crippen molar-refractivity contribution in [1.82, 2.24) is 0 Å². The predicted octanol–water partition coefficient (Wildman–Crippen LogP) is 4.96. The van der Waals surface area contributed by atoms with Crippen molar-refractivity contribution >= 4 is 16.7 Å². The molecule has 0 fully saturated rings. The minimum atomic E-state index is -0.489. The molecule has 4 aromatic rings. The molecule has 8 nitrogen and oxygen atoms in total. The van der Waals surface area contributed by atoms with Crippen LogP contribution in [0.2, 0.25) is 0 Å². The van der Waals surface area contributed by atoms with Gasteiger partial charge >= 0.3 is 5.63 Å². The number of benzene rings is 3. The Hall–Kier alpha value is -4.33. The van der Waals surface area contributed by atoms with Crippen molar-refractivity contribution in [3.8, 4) is 28.4 Å². The van der Waals surface area contributed by atoms with E-state index in [0.29, 0.717) is 34.0 Å². The van der Waals surface area contributed by atoms with Crippen LogP contribution in [0.3, 0.4) is 0 Å². The fourth-order valence-electron chi connectivity index (χ4n) is 3.27. The van der Waals surface area contributed by atoms with Crippen LogP contribution in [0.1, 0.15) is 5.56 Å². The lowest BCUT2D eigenvalue weighted by atomic mass is 10.1. The van der Waals surface area contributed by atoms with Crippen LogP contribution in [0.15, 0.2) is 75.9 Å². The first-order valence-electron chi connectivity index (χ1n) is 9.65. The predicted molar refractivity (Wildman–Crippen MR) is 118 cm³/mol. The Bertz CT molecular complexity index is 1340. The average Bonchev–Trinajstić information content (AvgIpc) is 2.82. The van der Waals surface area contributed by atoms with Gasteiger partial charge in [0, 0.05) is 23.6 Å². The van der Waals surface area contributed by atoms with Gasteiger partial charge in [-0.15, -0.1) is 0 Å². The first kappa shape index (κ1) is 20.9. The van der Waals surface area contributed by atoms with Gasteiger partial charge < -0.3 is 18.6 Å². The van der Waals surface area contributed by atoms with Crippen LogP contribution >= 0.6 is 0 Å². The van der Waals surface area contributed by atoms with Crippen LogP contribution in [0.25, 0.3) is 22.1 Å². The lowest BCUT2D eigenvalue weighted by Gasteiger charge is -2.10. The van der Waals surface area contributed by atoms with Crippen molar-refractivity contribution in [2.75, 3.05) is 14.2 Å². The first-order valence-corrected chi connectivity index (χ1v) is 9.65. The number of nitrogens with zero attached hydrogens (tertiary/aromatic N) is 1. The number of hydrogen-bond acceptors (Lipinski definition) is 7. The number of nitro benzene ring substituents is 1. The fourth-order valence-corrected chi connectivity index (χ4v) is 3.27. The zero-order valence-corrected chi connectivity index (χ0v) is 17.4. The Balaban J connectivity index is 1.58. The molecule has 0 aliphatic heterocycles. The molecule has 0 atom stereocenters. The summed E-state index contributed by atoms with van der Waals surface area (Å²) in [5.41, 5.74) is 1.75. The molecule has 1 heterocycles. The van der Waals surface area contributed by atoms with Gasteiger partial charge in [0.15, 0.2) is 11.5 Å². The van der Waals surface area contributed by atoms with Gasteiger partial charge in [-0.1, -0.05) is 6.07 Å². The molecule has 8 heteroatoms. The van der Waals surface area contributed by atoms with Crippen molar-refractivity contribution < 1.29 is 23.6 Å². The first-order chi connectivity index (χ1) is 15.5. The molecule has 0 aliphatic rings. The zero-order valence-electron chi connectivity index (χ0n) is 17.4. The molecule has 0 saturated carbocycles. The van der Waals surface area contributed by atoms with E-state index in [1.54, 1.807) is 61.7 Å². The maximum Gasteiger partial charge on any atom is 0.344 e. The fraction of sp³-hybridized carbons (Fsp3) is 0.125. The van der Waals surface area contributed by atoms with Crippen LogP contribution in [-0.4, -0.2) is 19.1 Å². The van der Waals surface area contributed by atoms with Gasteiger partial charge in [-0.25, -0.2) is 4.79 Å². The van der Waals surface area contributed by atoms with Gasteiger partial charge in [-0.2, -0.15) is 0 Å². The van der Waals surface area contributed by atoms with Crippen LogP contribution in [0.4, 0.5) is 5.69 Å². The smallest absolute Gasteiger partial charge is 0.344 e. The maximum atomic E-state index is 12.6. The van der Waals surface area contributed by atoms with Crippen molar-refractivity contribution in [3.05, 3.63) is 92.8 Å². The van der Waals surface area contributed by atoms with E-state index in [1.807, 2.05) is 0 Å². The Morgan fingerprint density at radius 3 is 2.34 bits per heavy atom. The second-order valence-electron chi connectivity index (χ2n) is 6.93. The molecular weight excluding hydrogens is 414 g/mol. The van der Waals surface area contributed by atoms with Gasteiger partial charge in [-0.3, -0.25) is 10.1 Å². The van der Waals surface area contributed by atoms with Crippen molar-refractivity contribution in [2.24, 2.45) is 0 Å². The molecule has 0 unspecified atom stereocenters. The molecule has 162 valence electrons. The molecule has 0 amide bonds. The maximum absolute atomic E-state index is 12.6. The standard InChI is InChI=1S/C24H19NO7/c1-29-21-10-6-16(12-23(21)30-2)20-11-17-5-9-19(13-22(17)32-24(20)26)31-14-15-3-7-18(8-4-15)25(27)28/h3-13H,14H2,1-2H3. The highest BCUT2D eigenvalue weighted by Gasteiger charge is 2.12. The van der Waals surface area contributed by atoms with Crippen molar-refractivity contribution in [1.29, 1.82) is 0 Å². The monoisotopic (exact) mass is 433 g/mol. The lowest BCUT2D eigenvalue weighted by Crippen LogP contribution is -2.03. The van der Waals surface area contributed by atoms with E-state index >= 15 is 0 Å². The highest BCUT2D eigenvalue weighted by atomic mass is 16.6. The van der Waals surface area contributed by atoms with E-state index < -0.39 is 10.5 Å². The lowest BCUT2D eigenvalue weighted by molar-refractivity contribution is -0.384. The van der Waals surface area contributed by atoms with E-state index in [2.05, 4.69) is 0 Å². The molecule has 1 aromatic heterocycles. The average molecular weight is 433 g/mol. The van der Waals surface area contributed by atoms with E-state index in [0.717, 1.165) is 10.9 Å². The Morgan fingerprint density at radius 1 is 0.906 bits per heavy atom. The van der Waals surface area contributed by atoms with Crippen molar-refractivity contribution in [3.63, 3.8) is 0 Å². The molecule has 4 rings (SSSR count). The van der Waals surface area contributed by atoms with Gasteiger partial charge in [0.1, 0.15) is 17.9 Å². The number of methoxy groups -OCH3 is 2. The van der Waals surface area contributed by atoms with Gasteiger partial charge in [-0.05, 0) is 53.6 Å². The summed E-state index contributed by atoms with van der Waals surface area (Å²) in [7, 11) is 3.08. The number of rotatable bonds is 7. The number of fused-ring (bicyclic) bond motifs is 1. The Morgan fingerprint density at radius 2 is 1.66 bits per heavy atom. The summed E-state index contributed by atoms with van der Waals surface area (Å²) in [5, 5.41) is 11.5. The highest BCUT2D eigenvalue weighted by molar-refractivity contribution is 5.83. The second-order valence-corrected chi connectivity index (χ2v) is 6.93. The summed E-state index contributed by atoms with van der Waals surface area (Å²) in [6, 6.07) is 18.3. The third-order valence-corrected chi connectivity index (χ3v) is 4.95. The summed E-state index contributed by atoms with van der Waals surface area (Å²) in [6.07, 6.45) is 0. The minimum absolute atomic E-state index is 0.0199. The number of nitro groups is 1. The molecule has 0 aliphatic carbocycles. The van der Waals surface area contributed by atoms with E-state index in [-0.39, 0.29) is 12.3 Å². The van der Waals surface area contributed by atoms with E-state index in [1.165, 1.54) is 19.2 Å². The third-order valence-electron chi connectivity index (χ3n) is 4.95. The van der Waals surface area contributed by atoms with Gasteiger partial charge in [0.25, 0.3) is 5.69 Å². The normalized spacial score (nSPS) is 10.7. The number of hydrogen-bond donors (Lipinski definition) is 0. The molecule has 32 heavy (non-hydrogen) atoms. The van der Waals surface area contributed by atoms with Gasteiger partial charge in [0.2, 0.25) is 0 Å². The minimum Gasteiger partial charge on any atom is -0.493 e. The van der Waals surface area contributed by atoms with Crippen LogP contribution in [0, 0.1) is 10.1 Å². The molecule has 0 bridgehead atoms. The number of ether oxygens (including phenoxy) is 3. The third kappa shape index (κ3) is 4.24. The van der Waals surface area contributed by atoms with Crippen LogP contribution in [-0.2, 0) is 6.61 Å². The molecule has 0 N–H and O–H groups in total. The Kier molecular flexibility index (Phi) is 5.76. The summed E-state index contributed by atoms with van der Waals surface area (Å²) in [6.45, 7) is 0.220. The molecular formula is C24H19NO7. The molecule has 3 aromatic carbocycles. The Labute approximate surface area is 182 Å². The highest BCUT2D eigenvalue weighted by Crippen LogP contribution is 2.32. The largest absolute Gasteiger partial charge is 0.493 e. The van der Waals surface area contributed by atoms with E-state index in [9.17, 15) is 14.9 Å². The topological polar surface area (TPSA) is 101 Å². The van der Waals surface area contributed by atoms with Crippen molar-refractivity contribution in [2.45, 2.75) is 6.61 Å². The quantitative estimate of drug-likeness (QED) is 0.230. The molecule has 0 saturated heterocycles. The second kappa shape index (κ2) is 8.81.